The molecule has 1 aliphatic heterocycles. The van der Waals surface area contributed by atoms with Gasteiger partial charge in [0.25, 0.3) is 5.91 Å². The molecule has 1 amide bonds. The third kappa shape index (κ3) is 4.37. The van der Waals surface area contributed by atoms with Crippen molar-refractivity contribution in [3.63, 3.8) is 0 Å². The van der Waals surface area contributed by atoms with Gasteiger partial charge < -0.3 is 4.90 Å². The fourth-order valence-electron chi connectivity index (χ4n) is 3.79. The molecule has 10 heteroatoms. The Balaban J connectivity index is 1.28. The van der Waals surface area contributed by atoms with Gasteiger partial charge in [-0.3, -0.25) is 9.78 Å². The van der Waals surface area contributed by atoms with Crippen LogP contribution in [0.15, 0.2) is 72.0 Å². The minimum atomic E-state index is -3.67. The maximum atomic E-state index is 13.2. The normalized spacial score (nSPS) is 15.1. The number of hydrogen-bond donors (Lipinski definition) is 0. The molecule has 1 saturated heterocycles. The van der Waals surface area contributed by atoms with E-state index in [2.05, 4.69) is 9.97 Å². The molecule has 3 heterocycles. The van der Waals surface area contributed by atoms with Crippen molar-refractivity contribution in [2.75, 3.05) is 26.2 Å². The lowest BCUT2D eigenvalue weighted by molar-refractivity contribution is 0.0697. The van der Waals surface area contributed by atoms with Crippen LogP contribution < -0.4 is 0 Å². The van der Waals surface area contributed by atoms with Gasteiger partial charge >= 0.3 is 0 Å². The summed E-state index contributed by atoms with van der Waals surface area (Å²) in [6, 6.07) is 14.1. The van der Waals surface area contributed by atoms with Crippen molar-refractivity contribution in [2.45, 2.75) is 4.90 Å². The van der Waals surface area contributed by atoms with E-state index in [1.807, 2.05) is 18.2 Å². The molecule has 0 atom stereocenters. The lowest BCUT2D eigenvalue weighted by atomic mass is 10.1. The number of carbonyl (C=O) groups excluding carboxylic acids is 1. The molecule has 1 aliphatic rings. The van der Waals surface area contributed by atoms with Crippen molar-refractivity contribution < 1.29 is 13.2 Å². The Morgan fingerprint density at radius 3 is 2.39 bits per heavy atom. The zero-order chi connectivity index (χ0) is 23.0. The highest BCUT2D eigenvalue weighted by molar-refractivity contribution is 7.89. The number of fused-ring (bicyclic) bond motifs is 1. The summed E-state index contributed by atoms with van der Waals surface area (Å²) in [5.74, 6) is -0.181. The van der Waals surface area contributed by atoms with Gasteiger partial charge in [0.05, 0.1) is 9.77 Å². The zero-order valence-corrected chi connectivity index (χ0v) is 19.8. The van der Waals surface area contributed by atoms with Crippen molar-refractivity contribution in [1.29, 1.82) is 0 Å². The van der Waals surface area contributed by atoms with Crippen molar-refractivity contribution in [2.24, 2.45) is 0 Å². The molecule has 33 heavy (non-hydrogen) atoms. The molecule has 0 N–H and O–H groups in total. The van der Waals surface area contributed by atoms with Crippen molar-refractivity contribution in [3.05, 3.63) is 77.2 Å². The van der Waals surface area contributed by atoms with Gasteiger partial charge in [-0.1, -0.05) is 23.7 Å². The molecule has 2 aromatic heterocycles. The molecule has 0 bridgehead atoms. The molecule has 0 saturated carbocycles. The number of hydrogen-bond acceptors (Lipinski definition) is 6. The molecule has 5 rings (SSSR count). The van der Waals surface area contributed by atoms with Gasteiger partial charge in [-0.05, 0) is 52.7 Å². The number of thiazole rings is 1. The van der Waals surface area contributed by atoms with Crippen LogP contribution in [0.3, 0.4) is 0 Å². The first-order valence-corrected chi connectivity index (χ1v) is 12.9. The average molecular weight is 499 g/mol. The Morgan fingerprint density at radius 1 is 0.939 bits per heavy atom. The summed E-state index contributed by atoms with van der Waals surface area (Å²) < 4.78 is 27.8. The first-order chi connectivity index (χ1) is 15.9. The number of rotatable bonds is 4. The van der Waals surface area contributed by atoms with Gasteiger partial charge in [-0.25, -0.2) is 13.4 Å². The molecule has 0 aliphatic carbocycles. The second kappa shape index (κ2) is 8.83. The lowest BCUT2D eigenvalue weighted by Gasteiger charge is -2.33. The van der Waals surface area contributed by atoms with Gasteiger partial charge in [0.2, 0.25) is 10.0 Å². The Kier molecular flexibility index (Phi) is 5.88. The molecule has 4 aromatic rings. The number of benzene rings is 2. The van der Waals surface area contributed by atoms with Gasteiger partial charge in [-0.15, -0.1) is 11.3 Å². The molecule has 0 radical (unpaired) electrons. The number of pyridine rings is 1. The van der Waals surface area contributed by atoms with Crippen molar-refractivity contribution >= 4 is 49.6 Å². The Bertz CT molecular complexity index is 1430. The first-order valence-electron chi connectivity index (χ1n) is 10.3. The summed E-state index contributed by atoms with van der Waals surface area (Å²) in [6.07, 6.45) is 5.07. The number of sulfonamides is 1. The SMILES string of the molecule is O=C(c1ncc(-c2ccncc2)s1)N1CCN(S(=O)(=O)c2ccc3cc(Cl)ccc3c2)CC1. The first kappa shape index (κ1) is 22.0. The molecule has 0 spiro atoms. The number of carbonyl (C=O) groups is 1. The second-order valence-electron chi connectivity index (χ2n) is 7.62. The number of piperazine rings is 1. The fourth-order valence-corrected chi connectivity index (χ4v) is 6.32. The maximum Gasteiger partial charge on any atom is 0.282 e. The summed E-state index contributed by atoms with van der Waals surface area (Å²) >= 11 is 7.34. The number of amides is 1. The van der Waals surface area contributed by atoms with Crippen LogP contribution in [-0.2, 0) is 10.0 Å². The second-order valence-corrected chi connectivity index (χ2v) is 11.0. The monoisotopic (exact) mass is 498 g/mol. The minimum Gasteiger partial charge on any atom is -0.334 e. The molecule has 1 fully saturated rings. The standard InChI is InChI=1S/C23H19ClN4O3S2/c24-19-3-1-18-14-20(4-2-17(18)13-19)33(30,31)28-11-9-27(10-12-28)23(29)22-26-15-21(32-22)16-5-7-25-8-6-16/h1-8,13-15H,9-12H2. The lowest BCUT2D eigenvalue weighted by Crippen LogP contribution is -2.50. The minimum absolute atomic E-state index is 0.181. The van der Waals surface area contributed by atoms with Crippen LogP contribution in [0.4, 0.5) is 0 Å². The van der Waals surface area contributed by atoms with E-state index >= 15 is 0 Å². The highest BCUT2D eigenvalue weighted by Gasteiger charge is 2.31. The van der Waals surface area contributed by atoms with Gasteiger partial charge in [0, 0.05) is 49.8 Å². The summed E-state index contributed by atoms with van der Waals surface area (Å²) in [7, 11) is -3.67. The van der Waals surface area contributed by atoms with E-state index in [-0.39, 0.29) is 23.9 Å². The predicted molar refractivity (Wildman–Crippen MR) is 129 cm³/mol. The summed E-state index contributed by atoms with van der Waals surface area (Å²) in [5.41, 5.74) is 0.954. The number of nitrogens with zero attached hydrogens (tertiary/aromatic N) is 4. The smallest absolute Gasteiger partial charge is 0.282 e. The van der Waals surface area contributed by atoms with Gasteiger partial charge in [0.1, 0.15) is 0 Å². The largest absolute Gasteiger partial charge is 0.334 e. The highest BCUT2D eigenvalue weighted by Crippen LogP contribution is 2.28. The zero-order valence-electron chi connectivity index (χ0n) is 17.4. The third-order valence-corrected chi connectivity index (χ3v) is 8.75. The topological polar surface area (TPSA) is 83.5 Å². The molecular formula is C23H19ClN4O3S2. The quantitative estimate of drug-likeness (QED) is 0.422. The fraction of sp³-hybridized carbons (Fsp3) is 0.174. The Hall–Kier alpha value is -2.85. The van der Waals surface area contributed by atoms with Crippen LogP contribution in [0.5, 0.6) is 0 Å². The van der Waals surface area contributed by atoms with Crippen LogP contribution in [0.25, 0.3) is 21.2 Å². The van der Waals surface area contributed by atoms with Gasteiger partial charge in [0.15, 0.2) is 5.01 Å². The number of halogens is 1. The van der Waals surface area contributed by atoms with Crippen LogP contribution in [0.1, 0.15) is 9.80 Å². The van der Waals surface area contributed by atoms with Crippen molar-refractivity contribution in [1.82, 2.24) is 19.2 Å². The van der Waals surface area contributed by atoms with Crippen LogP contribution in [0, 0.1) is 0 Å². The van der Waals surface area contributed by atoms with Crippen LogP contribution in [-0.4, -0.2) is 59.7 Å². The summed E-state index contributed by atoms with van der Waals surface area (Å²) in [4.78, 5) is 24.0. The molecule has 0 unspecified atom stereocenters. The Labute approximate surface area is 200 Å². The molecular weight excluding hydrogens is 480 g/mol. The number of aromatic nitrogens is 2. The summed E-state index contributed by atoms with van der Waals surface area (Å²) in [6.45, 7) is 1.08. The maximum absolute atomic E-state index is 13.2. The van der Waals surface area contributed by atoms with Crippen LogP contribution >= 0.6 is 22.9 Å². The third-order valence-electron chi connectivity index (χ3n) is 5.59. The highest BCUT2D eigenvalue weighted by atomic mass is 35.5. The summed E-state index contributed by atoms with van der Waals surface area (Å²) in [5, 5.41) is 2.69. The van der Waals surface area contributed by atoms with Crippen molar-refractivity contribution in [3.8, 4) is 10.4 Å². The average Bonchev–Trinajstić information content (AvgIpc) is 3.34. The predicted octanol–water partition coefficient (Wildman–Crippen LogP) is 4.16. The van der Waals surface area contributed by atoms with E-state index in [0.717, 1.165) is 21.2 Å². The van der Waals surface area contributed by atoms with E-state index < -0.39 is 10.0 Å². The van der Waals surface area contributed by atoms with E-state index in [9.17, 15) is 13.2 Å². The molecule has 7 nitrogen and oxygen atoms in total. The van der Waals surface area contributed by atoms with Gasteiger partial charge in [-0.2, -0.15) is 4.31 Å². The van der Waals surface area contributed by atoms with E-state index in [4.69, 9.17) is 11.6 Å². The van der Waals surface area contributed by atoms with E-state index in [1.165, 1.54) is 15.6 Å². The van der Waals surface area contributed by atoms with E-state index in [1.54, 1.807) is 53.8 Å². The Morgan fingerprint density at radius 2 is 1.64 bits per heavy atom. The van der Waals surface area contributed by atoms with Crippen LogP contribution in [0.2, 0.25) is 5.02 Å². The van der Waals surface area contributed by atoms with E-state index in [0.29, 0.717) is 23.1 Å². The molecule has 168 valence electrons. The molecule has 2 aromatic carbocycles.